The Bertz CT molecular complexity index is 737. The Labute approximate surface area is 130 Å². The number of rotatable bonds is 5. The van der Waals surface area contributed by atoms with Crippen LogP contribution >= 0.6 is 0 Å². The Balaban J connectivity index is 2.19. The van der Waals surface area contributed by atoms with Crippen LogP contribution in [0.15, 0.2) is 47.4 Å². The fourth-order valence-corrected chi connectivity index (χ4v) is 3.01. The highest BCUT2D eigenvalue weighted by Crippen LogP contribution is 2.19. The molecule has 0 aromatic heterocycles. The zero-order valence-corrected chi connectivity index (χ0v) is 13.6. The van der Waals surface area contributed by atoms with Gasteiger partial charge < -0.3 is 9.29 Å². The average molecular weight is 321 g/mol. The van der Waals surface area contributed by atoms with Crippen LogP contribution in [0.25, 0.3) is 0 Å². The summed E-state index contributed by atoms with van der Waals surface area (Å²) in [5.74, 6) is 0.825. The third kappa shape index (κ3) is 4.27. The third-order valence-corrected chi connectivity index (χ3v) is 4.84. The summed E-state index contributed by atoms with van der Waals surface area (Å²) in [6.45, 7) is 1.97. The van der Waals surface area contributed by atoms with E-state index in [1.165, 1.54) is 0 Å². The van der Waals surface area contributed by atoms with Crippen LogP contribution in [0.2, 0.25) is 0 Å². The smallest absolute Gasteiger partial charge is 0.119 e. The molecule has 0 spiro atoms. The summed E-state index contributed by atoms with van der Waals surface area (Å²) in [6.07, 6.45) is 1.58. The van der Waals surface area contributed by atoms with E-state index in [9.17, 15) is 8.76 Å². The summed E-state index contributed by atoms with van der Waals surface area (Å²) in [4.78, 5) is 0.198. The van der Waals surface area contributed by atoms with Crippen molar-refractivity contribution in [2.45, 2.75) is 24.7 Å². The molecule has 112 valence electrons. The minimum absolute atomic E-state index is 0.198. The van der Waals surface area contributed by atoms with Crippen LogP contribution in [0.5, 0.6) is 5.75 Å². The Morgan fingerprint density at radius 1 is 1.19 bits per heavy atom. The van der Waals surface area contributed by atoms with Gasteiger partial charge >= 0.3 is 0 Å². The molecule has 0 aliphatic heterocycles. The highest BCUT2D eigenvalue weighted by Gasteiger charge is 2.05. The number of aryl methyl sites for hydroxylation is 3. The van der Waals surface area contributed by atoms with E-state index < -0.39 is 8.77 Å². The summed E-state index contributed by atoms with van der Waals surface area (Å²) in [6, 6.07) is 12.9. The lowest BCUT2D eigenvalue weighted by atomic mass is 10.0. The monoisotopic (exact) mass is 321 g/mol. The van der Waals surface area contributed by atoms with E-state index in [0.717, 1.165) is 35.3 Å². The Hall–Kier alpha value is -1.43. The molecule has 2 rings (SSSR count). The molecule has 0 amide bonds. The van der Waals surface area contributed by atoms with Crippen LogP contribution in [0.4, 0.5) is 0 Å². The van der Waals surface area contributed by atoms with Gasteiger partial charge in [0.1, 0.15) is 5.75 Å². The first-order valence-corrected chi connectivity index (χ1v) is 8.99. The van der Waals surface area contributed by atoms with E-state index in [2.05, 4.69) is 11.2 Å². The summed E-state index contributed by atoms with van der Waals surface area (Å²) in [7, 11) is -1.93. The predicted molar refractivity (Wildman–Crippen MR) is 86.1 cm³/mol. The molecule has 2 aromatic rings. The molecule has 0 saturated carbocycles. The molecule has 0 heterocycles. The van der Waals surface area contributed by atoms with Crippen molar-refractivity contribution in [3.63, 3.8) is 0 Å². The molecule has 0 N–H and O–H groups in total. The van der Waals surface area contributed by atoms with Gasteiger partial charge in [0.2, 0.25) is 0 Å². The van der Waals surface area contributed by atoms with Crippen molar-refractivity contribution in [2.24, 2.45) is 0 Å². The molecule has 0 bridgehead atoms. The van der Waals surface area contributed by atoms with Crippen molar-refractivity contribution < 1.29 is 13.5 Å². The van der Waals surface area contributed by atoms with Gasteiger partial charge in [-0.2, -0.15) is 0 Å². The fourth-order valence-electron chi connectivity index (χ4n) is 2.18. The van der Waals surface area contributed by atoms with Crippen molar-refractivity contribution in [3.05, 3.63) is 59.2 Å². The molecule has 21 heavy (non-hydrogen) atoms. The van der Waals surface area contributed by atoms with Gasteiger partial charge in [-0.05, 0) is 80.7 Å². The van der Waals surface area contributed by atoms with Gasteiger partial charge in [0, 0.05) is 4.90 Å². The topological polar surface area (TPSA) is 49.4 Å². The van der Waals surface area contributed by atoms with E-state index in [4.69, 9.17) is 4.74 Å². The predicted octanol–water partition coefficient (Wildman–Crippen LogP) is 3.02. The van der Waals surface area contributed by atoms with Crippen LogP contribution < -0.4 is 4.74 Å². The molecule has 0 aliphatic carbocycles. The van der Waals surface area contributed by atoms with Crippen molar-refractivity contribution in [1.29, 1.82) is 0 Å². The number of ether oxygens (including phenoxy) is 1. The molecule has 3 nitrogen and oxygen atoms in total. The van der Waals surface area contributed by atoms with Gasteiger partial charge in [0.25, 0.3) is 0 Å². The van der Waals surface area contributed by atoms with Crippen LogP contribution in [-0.4, -0.2) is 15.9 Å². The largest absolute Gasteiger partial charge is 0.766 e. The second kappa shape index (κ2) is 6.56. The van der Waals surface area contributed by atoms with Gasteiger partial charge in [-0.3, -0.25) is 4.21 Å². The standard InChI is InChI=1S/C16H18O3S2/c1-12-6-9-16(21(17,18)20)11-14(12)8-7-13-4-3-5-15(10-13)19-2/h3-6,9-11H,7-8H2,1-2H3,(H,17,18,20)/p-1. The van der Waals surface area contributed by atoms with Crippen LogP contribution in [0.1, 0.15) is 16.7 Å². The number of hydrogen-bond donors (Lipinski definition) is 0. The fraction of sp³-hybridized carbons (Fsp3) is 0.250. The molecule has 0 saturated heterocycles. The minimum Gasteiger partial charge on any atom is -0.766 e. The second-order valence-corrected chi connectivity index (χ2v) is 7.59. The van der Waals surface area contributed by atoms with Crippen molar-refractivity contribution in [2.75, 3.05) is 7.11 Å². The quantitative estimate of drug-likeness (QED) is 0.849. The van der Waals surface area contributed by atoms with E-state index in [1.54, 1.807) is 25.3 Å². The lowest BCUT2D eigenvalue weighted by Gasteiger charge is -2.14. The first-order valence-electron chi connectivity index (χ1n) is 6.58. The second-order valence-electron chi connectivity index (χ2n) is 4.89. The Morgan fingerprint density at radius 3 is 2.62 bits per heavy atom. The molecule has 0 radical (unpaired) electrons. The van der Waals surface area contributed by atoms with Gasteiger partial charge in [0.15, 0.2) is 0 Å². The van der Waals surface area contributed by atoms with Crippen LogP contribution in [0, 0.1) is 6.92 Å². The molecular formula is C16H17O3S2-. The number of methoxy groups -OCH3 is 1. The Kier molecular flexibility index (Phi) is 4.98. The summed E-state index contributed by atoms with van der Waals surface area (Å²) in [5.41, 5.74) is 3.23. The third-order valence-electron chi connectivity index (χ3n) is 3.43. The molecule has 5 heteroatoms. The lowest BCUT2D eigenvalue weighted by Crippen LogP contribution is -2.01. The molecule has 1 atom stereocenters. The summed E-state index contributed by atoms with van der Waals surface area (Å²) < 4.78 is 28.1. The van der Waals surface area contributed by atoms with Crippen molar-refractivity contribution in [1.82, 2.24) is 0 Å². The van der Waals surface area contributed by atoms with E-state index >= 15 is 0 Å². The maximum absolute atomic E-state index is 11.5. The van der Waals surface area contributed by atoms with Crippen LogP contribution in [0.3, 0.4) is 0 Å². The summed E-state index contributed by atoms with van der Waals surface area (Å²) in [5, 5.41) is 0. The molecule has 1 unspecified atom stereocenters. The first-order chi connectivity index (χ1) is 9.90. The maximum Gasteiger partial charge on any atom is 0.119 e. The van der Waals surface area contributed by atoms with Gasteiger partial charge in [-0.15, -0.1) is 0 Å². The number of hydrogen-bond acceptors (Lipinski definition) is 4. The lowest BCUT2D eigenvalue weighted by molar-refractivity contribution is 0.414. The van der Waals surface area contributed by atoms with Gasteiger partial charge in [-0.25, -0.2) is 0 Å². The van der Waals surface area contributed by atoms with Crippen LogP contribution in [-0.2, 0) is 32.8 Å². The molecule has 0 aliphatic rings. The van der Waals surface area contributed by atoms with E-state index in [1.807, 2.05) is 31.2 Å². The molecular weight excluding hydrogens is 304 g/mol. The first kappa shape index (κ1) is 15.9. The Morgan fingerprint density at radius 2 is 1.95 bits per heavy atom. The van der Waals surface area contributed by atoms with Gasteiger partial charge in [-0.1, -0.05) is 18.2 Å². The van der Waals surface area contributed by atoms with Gasteiger partial charge in [0.05, 0.1) is 7.11 Å². The van der Waals surface area contributed by atoms with E-state index in [-0.39, 0.29) is 4.90 Å². The van der Waals surface area contributed by atoms with E-state index in [0.29, 0.717) is 0 Å². The van der Waals surface area contributed by atoms with Crippen molar-refractivity contribution in [3.8, 4) is 5.75 Å². The number of benzene rings is 2. The molecule has 2 aromatic carbocycles. The highest BCUT2D eigenvalue weighted by molar-refractivity contribution is 8.29. The average Bonchev–Trinajstić information content (AvgIpc) is 2.45. The minimum atomic E-state index is -3.57. The van der Waals surface area contributed by atoms with Crippen molar-refractivity contribution >= 4 is 20.0 Å². The highest BCUT2D eigenvalue weighted by atomic mass is 32.8. The zero-order valence-electron chi connectivity index (χ0n) is 12.0. The summed E-state index contributed by atoms with van der Waals surface area (Å²) >= 11 is 4.52. The SMILES string of the molecule is COc1cccc(CCc2cc(S(=O)([O-])=S)ccc2C)c1. The molecule has 0 fully saturated rings. The normalized spacial score (nSPS) is 13.7. The zero-order chi connectivity index (χ0) is 15.5. The maximum atomic E-state index is 11.5.